The first-order chi connectivity index (χ1) is 31.7. The van der Waals surface area contributed by atoms with Gasteiger partial charge in [0.2, 0.25) is 23.6 Å². The van der Waals surface area contributed by atoms with Crippen LogP contribution in [0.1, 0.15) is 120 Å². The smallest absolute Gasteiger partial charge is 0.329 e. The number of esters is 1. The van der Waals surface area contributed by atoms with E-state index in [0.717, 1.165) is 20.8 Å². The van der Waals surface area contributed by atoms with Crippen LogP contribution in [0.25, 0.3) is 0 Å². The summed E-state index contributed by atoms with van der Waals surface area (Å²) in [7, 11) is 0. The number of ether oxygens (including phenoxy) is 2. The molecule has 69 heavy (non-hydrogen) atoms. The van der Waals surface area contributed by atoms with E-state index < -0.39 is 94.8 Å². The van der Waals surface area contributed by atoms with E-state index in [4.69, 9.17) is 67.8 Å². The van der Waals surface area contributed by atoms with Crippen LogP contribution in [0.2, 0.25) is 0 Å². The predicted octanol–water partition coefficient (Wildman–Crippen LogP) is 0.557. The summed E-state index contributed by atoms with van der Waals surface area (Å²) in [5.74, 6) is -5.31. The fourth-order valence-electron chi connectivity index (χ4n) is 6.08. The average molecular weight is 982 g/mol. The van der Waals surface area contributed by atoms with Crippen LogP contribution >= 0.6 is 0 Å². The lowest BCUT2D eigenvalue weighted by Gasteiger charge is -2.31. The molecule has 1 aromatic rings. The highest BCUT2D eigenvalue weighted by atomic mass is 16.6. The van der Waals surface area contributed by atoms with E-state index in [1.165, 1.54) is 4.90 Å². The molecule has 1 aliphatic heterocycles. The molecule has 1 aromatic carbocycles. The molecule has 16 N–H and O–H groups in total. The fourth-order valence-corrected chi connectivity index (χ4v) is 6.08. The Hall–Kier alpha value is -6.72. The number of hydrogen-bond donors (Lipinski definition) is 11. The van der Waals surface area contributed by atoms with Crippen molar-refractivity contribution in [3.05, 3.63) is 29.8 Å². The quantitative estimate of drug-likeness (QED) is 0.0368. The number of aliphatic imine (C=N–C) groups is 2. The van der Waals surface area contributed by atoms with Crippen LogP contribution in [0.4, 0.5) is 0 Å². The number of nitrogens with one attached hydrogen (secondary N) is 3. The molecule has 0 aliphatic carbocycles. The molecule has 4 amide bonds. The highest BCUT2D eigenvalue weighted by molar-refractivity contribution is 5.96. The number of aliphatic carboxylic acids is 3. The van der Waals surface area contributed by atoms with Gasteiger partial charge >= 0.3 is 5.97 Å². The van der Waals surface area contributed by atoms with Gasteiger partial charge in [0.05, 0.1) is 6.04 Å². The summed E-state index contributed by atoms with van der Waals surface area (Å²) >= 11 is 0. The molecule has 0 radical (unpaired) electrons. The van der Waals surface area contributed by atoms with Crippen molar-refractivity contribution >= 4 is 59.4 Å². The summed E-state index contributed by atoms with van der Waals surface area (Å²) in [6.07, 6.45) is 2.15. The Kier molecular flexibility index (Phi) is 29.9. The third kappa shape index (κ3) is 32.6. The van der Waals surface area contributed by atoms with Crippen LogP contribution in [0.5, 0.6) is 5.75 Å². The number of carboxylic acid groups (broad SMARTS) is 3. The lowest BCUT2D eigenvalue weighted by Crippen LogP contribution is -2.60. The van der Waals surface area contributed by atoms with Crippen molar-refractivity contribution in [2.24, 2.45) is 44.6 Å². The molecule has 2 rings (SSSR count). The Morgan fingerprint density at radius 1 is 0.710 bits per heavy atom. The minimum atomic E-state index is -1.20. The van der Waals surface area contributed by atoms with Crippen molar-refractivity contribution in [3.8, 4) is 5.75 Å². The topological polar surface area (TPSA) is 410 Å². The van der Waals surface area contributed by atoms with Gasteiger partial charge in [-0.2, -0.15) is 0 Å². The van der Waals surface area contributed by atoms with E-state index in [-0.39, 0.29) is 44.3 Å². The Morgan fingerprint density at radius 3 is 1.61 bits per heavy atom. The Balaban J connectivity index is 0. The molecule has 0 aromatic heterocycles. The first-order valence-electron chi connectivity index (χ1n) is 22.3. The summed E-state index contributed by atoms with van der Waals surface area (Å²) in [5, 5.41) is 30.7. The van der Waals surface area contributed by atoms with Gasteiger partial charge in [-0.15, -0.1) is 0 Å². The van der Waals surface area contributed by atoms with Crippen LogP contribution in [-0.4, -0.2) is 141 Å². The van der Waals surface area contributed by atoms with Crippen LogP contribution in [0.3, 0.4) is 0 Å². The van der Waals surface area contributed by atoms with Crippen molar-refractivity contribution in [1.82, 2.24) is 20.9 Å². The highest BCUT2D eigenvalue weighted by Crippen LogP contribution is 2.24. The van der Waals surface area contributed by atoms with Gasteiger partial charge in [-0.1, -0.05) is 26.0 Å². The van der Waals surface area contributed by atoms with E-state index >= 15 is 0 Å². The number of amides is 4. The average Bonchev–Trinajstić information content (AvgIpc) is 3.68. The second-order valence-electron chi connectivity index (χ2n) is 18.2. The summed E-state index contributed by atoms with van der Waals surface area (Å²) in [5.41, 5.74) is 27.4. The molecule has 392 valence electrons. The molecule has 24 nitrogen and oxygen atoms in total. The second-order valence-corrected chi connectivity index (χ2v) is 18.2. The first-order valence-corrected chi connectivity index (χ1v) is 22.3. The number of carbonyl (C=O) groups excluding carboxylic acids is 5. The second kappa shape index (κ2) is 32.1. The summed E-state index contributed by atoms with van der Waals surface area (Å²) in [6, 6.07) is 1.96. The number of nitrogens with zero attached hydrogens (tertiary/aromatic N) is 3. The van der Waals surface area contributed by atoms with Gasteiger partial charge < -0.3 is 74.3 Å². The van der Waals surface area contributed by atoms with Crippen molar-refractivity contribution in [2.75, 3.05) is 19.6 Å². The Bertz CT molecular complexity index is 1830. The number of hydrogen-bond acceptors (Lipinski definition) is 13. The van der Waals surface area contributed by atoms with Gasteiger partial charge in [0.15, 0.2) is 11.9 Å². The third-order valence-corrected chi connectivity index (χ3v) is 8.75. The number of likely N-dealkylation sites (tertiary alicyclic amines) is 1. The minimum Gasteiger partial charge on any atom is -0.488 e. The number of carbonyl (C=O) groups is 8. The zero-order valence-corrected chi connectivity index (χ0v) is 42.0. The van der Waals surface area contributed by atoms with E-state index in [1.807, 2.05) is 20.8 Å². The van der Waals surface area contributed by atoms with Gasteiger partial charge in [-0.3, -0.25) is 43.5 Å². The molecule has 1 fully saturated rings. The standard InChI is InChI=1S/C39H67N11O7.3C2H4O2/c1-23(2)30(49-31(51)26(40)12-9-19-45-36(41)42)33(53)48-28(22-24-15-17-25(18-16-24)56-38(3,4)5)32(52)47-27(13-10-20-46-37(43)44)34(54)50-21-11-14-29(50)35(55)57-39(6,7)8;3*1-2(3)4/h15-18,23,26-30H,9-14,19-22,40H2,1-8H3,(H,47,52)(H,48,53)(H,49,51)(H4,41,42,45)(H4,43,44,46);3*1H3,(H,3,4)/t26-,27-,28-,29-,30-;;;/m0.../s1. The summed E-state index contributed by atoms with van der Waals surface area (Å²) < 4.78 is 11.6. The van der Waals surface area contributed by atoms with Crippen LogP contribution in [-0.2, 0) is 49.5 Å². The van der Waals surface area contributed by atoms with Gasteiger partial charge in [-0.05, 0) is 104 Å². The van der Waals surface area contributed by atoms with Gasteiger partial charge in [0, 0.05) is 46.8 Å². The molecule has 1 aliphatic rings. The van der Waals surface area contributed by atoms with Crippen LogP contribution in [0.15, 0.2) is 34.3 Å². The zero-order chi connectivity index (χ0) is 53.8. The van der Waals surface area contributed by atoms with E-state index in [2.05, 4.69) is 25.9 Å². The lowest BCUT2D eigenvalue weighted by atomic mass is 9.99. The molecule has 5 atom stereocenters. The number of nitrogens with two attached hydrogens (primary N) is 5. The molecule has 24 heteroatoms. The van der Waals surface area contributed by atoms with Crippen LogP contribution < -0.4 is 49.4 Å². The highest BCUT2D eigenvalue weighted by Gasteiger charge is 2.40. The normalized spacial score (nSPS) is 14.6. The molecular weight excluding hydrogens is 903 g/mol. The molecule has 0 spiro atoms. The number of guanidine groups is 2. The summed E-state index contributed by atoms with van der Waals surface area (Å²) in [4.78, 5) is 105. The molecule has 0 unspecified atom stereocenters. The van der Waals surface area contributed by atoms with Crippen LogP contribution in [0, 0.1) is 5.92 Å². The number of benzene rings is 1. The third-order valence-electron chi connectivity index (χ3n) is 8.75. The van der Waals surface area contributed by atoms with Gasteiger partial charge in [0.1, 0.15) is 41.1 Å². The van der Waals surface area contributed by atoms with Crippen molar-refractivity contribution in [1.29, 1.82) is 0 Å². The maximum absolute atomic E-state index is 14.3. The van der Waals surface area contributed by atoms with Crippen molar-refractivity contribution < 1.29 is 63.1 Å². The lowest BCUT2D eigenvalue weighted by molar-refractivity contribution is -0.163. The fraction of sp³-hybridized carbons (Fsp3) is 0.644. The largest absolute Gasteiger partial charge is 0.488 e. The monoisotopic (exact) mass is 982 g/mol. The number of rotatable bonds is 20. The maximum Gasteiger partial charge on any atom is 0.329 e. The zero-order valence-electron chi connectivity index (χ0n) is 42.0. The molecule has 1 heterocycles. The van der Waals surface area contributed by atoms with Crippen molar-refractivity contribution in [2.45, 2.75) is 163 Å². The van der Waals surface area contributed by atoms with E-state index in [1.54, 1.807) is 58.9 Å². The maximum atomic E-state index is 14.3. The van der Waals surface area contributed by atoms with Gasteiger partial charge in [0.25, 0.3) is 17.9 Å². The Labute approximate surface area is 404 Å². The first kappa shape index (κ1) is 64.4. The summed E-state index contributed by atoms with van der Waals surface area (Å²) in [6.45, 7) is 18.5. The molecular formula is C45H79N11O13. The molecule has 0 saturated carbocycles. The Morgan fingerprint density at radius 2 is 1.17 bits per heavy atom. The van der Waals surface area contributed by atoms with Crippen molar-refractivity contribution in [3.63, 3.8) is 0 Å². The predicted molar refractivity (Wildman–Crippen MR) is 259 cm³/mol. The molecule has 1 saturated heterocycles. The minimum absolute atomic E-state index is 0.0234. The van der Waals surface area contributed by atoms with Gasteiger partial charge in [-0.25, -0.2) is 4.79 Å². The number of carboxylic acids is 3. The molecule has 0 bridgehead atoms. The SMILES string of the molecule is CC(=O)O.CC(=O)O.CC(=O)O.CC(C)[C@H](NC(=O)[C@@H](N)CCCN=C(N)N)C(=O)N[C@@H](Cc1ccc(OC(C)(C)C)cc1)C(=O)N[C@@H](CCCN=C(N)N)C(=O)N1CCC[C@H]1C(=O)OC(C)(C)C. The van der Waals surface area contributed by atoms with E-state index in [0.29, 0.717) is 43.5 Å². The van der Waals surface area contributed by atoms with E-state index in [9.17, 15) is 24.0 Å².